The Labute approximate surface area is 85.5 Å². The van der Waals surface area contributed by atoms with Crippen molar-refractivity contribution in [2.75, 3.05) is 12.3 Å². The van der Waals surface area contributed by atoms with Crippen LogP contribution in [-0.2, 0) is 9.59 Å². The minimum atomic E-state index is -0.789. The molecule has 1 fully saturated rings. The maximum absolute atomic E-state index is 11.3. The molecule has 0 atom stereocenters. The second-order valence-corrected chi connectivity index (χ2v) is 3.55. The van der Waals surface area contributed by atoms with Crippen LogP contribution < -0.4 is 5.73 Å². The van der Waals surface area contributed by atoms with Gasteiger partial charge < -0.3 is 10.6 Å². The fourth-order valence-electron chi connectivity index (χ4n) is 1.13. The molecule has 0 unspecified atom stereocenters. The van der Waals surface area contributed by atoms with Crippen LogP contribution in [0.3, 0.4) is 0 Å². The molecule has 0 aliphatic carbocycles. The maximum Gasteiger partial charge on any atom is 0.262 e. The molecule has 2 N–H and O–H groups in total. The van der Waals surface area contributed by atoms with Gasteiger partial charge in [0.05, 0.1) is 5.75 Å². The number of carbonyl (C=O) groups excluding carboxylic acids is 2. The number of hydrogen-bond donors (Lipinski definition) is 1. The number of thioether (sulfide) groups is 1. The van der Waals surface area contributed by atoms with Crippen LogP contribution in [0.1, 0.15) is 6.92 Å². The van der Waals surface area contributed by atoms with E-state index in [1.54, 1.807) is 13.0 Å². The smallest absolute Gasteiger partial charge is 0.262 e. The molecular formula is C8H9N3O2S. The van der Waals surface area contributed by atoms with Crippen LogP contribution in [0.5, 0.6) is 0 Å². The Bertz CT molecular complexity index is 356. The topological polar surface area (TPSA) is 87.2 Å². The van der Waals surface area contributed by atoms with Crippen LogP contribution in [0.25, 0.3) is 0 Å². The highest BCUT2D eigenvalue weighted by atomic mass is 32.2. The van der Waals surface area contributed by atoms with E-state index in [-0.39, 0.29) is 17.2 Å². The first kappa shape index (κ1) is 10.6. The Hall–Kier alpha value is -1.48. The minimum Gasteiger partial charge on any atom is -0.365 e. The molecule has 0 aromatic heterocycles. The normalized spacial score (nSPS) is 19.4. The summed E-state index contributed by atoms with van der Waals surface area (Å²) in [7, 11) is 0. The van der Waals surface area contributed by atoms with Crippen molar-refractivity contribution in [2.24, 2.45) is 5.73 Å². The second-order valence-electron chi connectivity index (χ2n) is 2.58. The number of hydrogen-bond acceptors (Lipinski definition) is 4. The molecule has 0 spiro atoms. The van der Waals surface area contributed by atoms with E-state index in [1.165, 1.54) is 16.7 Å². The summed E-state index contributed by atoms with van der Waals surface area (Å²) in [4.78, 5) is 23.5. The number of primary amides is 1. The monoisotopic (exact) mass is 211 g/mol. The summed E-state index contributed by atoms with van der Waals surface area (Å²) >= 11 is 1.18. The summed E-state index contributed by atoms with van der Waals surface area (Å²) in [6.07, 6.45) is 0. The summed E-state index contributed by atoms with van der Waals surface area (Å²) in [5.74, 6) is -0.619. The van der Waals surface area contributed by atoms with Crippen LogP contribution in [0.2, 0.25) is 0 Å². The molecule has 0 aromatic carbocycles. The lowest BCUT2D eigenvalue weighted by Crippen LogP contribution is -2.26. The van der Waals surface area contributed by atoms with Crippen LogP contribution in [0.4, 0.5) is 0 Å². The van der Waals surface area contributed by atoms with Crippen molar-refractivity contribution in [3.05, 3.63) is 10.6 Å². The molecule has 0 saturated carbocycles. The van der Waals surface area contributed by atoms with Gasteiger partial charge in [0, 0.05) is 6.54 Å². The maximum atomic E-state index is 11.3. The third-order valence-corrected chi connectivity index (χ3v) is 2.86. The van der Waals surface area contributed by atoms with Crippen LogP contribution in [0, 0.1) is 11.3 Å². The summed E-state index contributed by atoms with van der Waals surface area (Å²) in [5.41, 5.74) is 4.88. The number of nitriles is 1. The van der Waals surface area contributed by atoms with Gasteiger partial charge in [-0.05, 0) is 6.92 Å². The largest absolute Gasteiger partial charge is 0.365 e. The number of amides is 2. The van der Waals surface area contributed by atoms with Crippen molar-refractivity contribution < 1.29 is 9.59 Å². The zero-order chi connectivity index (χ0) is 10.7. The fourth-order valence-corrected chi connectivity index (χ4v) is 2.23. The van der Waals surface area contributed by atoms with Crippen LogP contribution >= 0.6 is 11.8 Å². The molecule has 14 heavy (non-hydrogen) atoms. The molecule has 1 rings (SSSR count). The first-order chi connectivity index (χ1) is 6.61. The van der Waals surface area contributed by atoms with Gasteiger partial charge in [0.1, 0.15) is 16.7 Å². The van der Waals surface area contributed by atoms with Gasteiger partial charge in [-0.15, -0.1) is 0 Å². The zero-order valence-electron chi connectivity index (χ0n) is 7.61. The lowest BCUT2D eigenvalue weighted by molar-refractivity contribution is -0.125. The minimum absolute atomic E-state index is 0.0958. The van der Waals surface area contributed by atoms with Gasteiger partial charge in [0.15, 0.2) is 0 Å². The Morgan fingerprint density at radius 3 is 2.86 bits per heavy atom. The lowest BCUT2D eigenvalue weighted by atomic mass is 10.3. The van der Waals surface area contributed by atoms with Gasteiger partial charge in [-0.25, -0.2) is 0 Å². The molecule has 6 heteroatoms. The molecule has 1 aliphatic heterocycles. The van der Waals surface area contributed by atoms with Crippen molar-refractivity contribution in [3.8, 4) is 6.07 Å². The molecule has 5 nitrogen and oxygen atoms in total. The highest BCUT2D eigenvalue weighted by Crippen LogP contribution is 2.30. The standard InChI is InChI=1S/C8H9N3O2S/c1-2-11-6(12)4-14-8(11)5(3-9)7(10)13/h2,4H2,1H3,(H2,10,13)/b8-5+. The quantitative estimate of drug-likeness (QED) is 0.506. The van der Waals surface area contributed by atoms with E-state index < -0.39 is 5.91 Å². The van der Waals surface area contributed by atoms with E-state index >= 15 is 0 Å². The molecule has 1 heterocycles. The average Bonchev–Trinajstić information content (AvgIpc) is 2.48. The highest BCUT2D eigenvalue weighted by Gasteiger charge is 2.29. The number of nitrogens with two attached hydrogens (primary N) is 1. The highest BCUT2D eigenvalue weighted by molar-refractivity contribution is 8.04. The summed E-state index contributed by atoms with van der Waals surface area (Å²) in [6.45, 7) is 2.22. The average molecular weight is 211 g/mol. The van der Waals surface area contributed by atoms with E-state index in [4.69, 9.17) is 11.0 Å². The SMILES string of the molecule is CCN1C(=O)CS/C1=C(\C#N)C(N)=O. The van der Waals surface area contributed by atoms with Gasteiger partial charge in [0.25, 0.3) is 5.91 Å². The molecule has 74 valence electrons. The van der Waals surface area contributed by atoms with Crippen molar-refractivity contribution in [2.45, 2.75) is 6.92 Å². The molecule has 1 saturated heterocycles. The third kappa shape index (κ3) is 1.72. The van der Waals surface area contributed by atoms with Crippen molar-refractivity contribution in [1.29, 1.82) is 5.26 Å². The Kier molecular flexibility index (Phi) is 3.14. The van der Waals surface area contributed by atoms with Gasteiger partial charge in [-0.1, -0.05) is 11.8 Å². The predicted octanol–water partition coefficient (Wildman–Crippen LogP) is -0.198. The molecule has 2 amide bonds. The van der Waals surface area contributed by atoms with E-state index in [0.717, 1.165) is 0 Å². The molecule has 0 radical (unpaired) electrons. The van der Waals surface area contributed by atoms with Crippen molar-refractivity contribution in [1.82, 2.24) is 4.90 Å². The van der Waals surface area contributed by atoms with Gasteiger partial charge in [0.2, 0.25) is 5.91 Å². The van der Waals surface area contributed by atoms with Crippen molar-refractivity contribution in [3.63, 3.8) is 0 Å². The summed E-state index contributed by atoms with van der Waals surface area (Å²) in [5, 5.41) is 9.08. The zero-order valence-corrected chi connectivity index (χ0v) is 8.43. The first-order valence-electron chi connectivity index (χ1n) is 3.99. The van der Waals surface area contributed by atoms with Crippen LogP contribution in [-0.4, -0.2) is 29.0 Å². The summed E-state index contributed by atoms with van der Waals surface area (Å²) in [6, 6.07) is 1.72. The van der Waals surface area contributed by atoms with Gasteiger partial charge in [-0.2, -0.15) is 5.26 Å². The van der Waals surface area contributed by atoms with Gasteiger partial charge in [-0.3, -0.25) is 9.59 Å². The lowest BCUT2D eigenvalue weighted by Gasteiger charge is -2.14. The molecule has 1 aliphatic rings. The fraction of sp³-hybridized carbons (Fsp3) is 0.375. The van der Waals surface area contributed by atoms with Gasteiger partial charge >= 0.3 is 0 Å². The molecule has 0 aromatic rings. The third-order valence-electron chi connectivity index (χ3n) is 1.77. The number of rotatable bonds is 2. The van der Waals surface area contributed by atoms with E-state index in [0.29, 0.717) is 11.6 Å². The van der Waals surface area contributed by atoms with E-state index in [1.807, 2.05) is 0 Å². The molecule has 0 bridgehead atoms. The predicted molar refractivity (Wildman–Crippen MR) is 51.7 cm³/mol. The Morgan fingerprint density at radius 1 is 1.79 bits per heavy atom. The molecular weight excluding hydrogens is 202 g/mol. The first-order valence-corrected chi connectivity index (χ1v) is 4.97. The van der Waals surface area contributed by atoms with E-state index in [9.17, 15) is 9.59 Å². The Morgan fingerprint density at radius 2 is 2.43 bits per heavy atom. The number of carbonyl (C=O) groups is 2. The van der Waals surface area contributed by atoms with Crippen molar-refractivity contribution >= 4 is 23.6 Å². The summed E-state index contributed by atoms with van der Waals surface area (Å²) < 4.78 is 0. The van der Waals surface area contributed by atoms with Crippen LogP contribution in [0.15, 0.2) is 10.6 Å². The van der Waals surface area contributed by atoms with E-state index in [2.05, 4.69) is 0 Å². The second kappa shape index (κ2) is 4.15. The number of nitrogens with zero attached hydrogens (tertiary/aromatic N) is 2. The Balaban J connectivity index is 3.14.